The molecule has 2 aromatic carbocycles. The summed E-state index contributed by atoms with van der Waals surface area (Å²) in [6.07, 6.45) is 2.49. The highest BCUT2D eigenvalue weighted by Gasteiger charge is 2.24. The van der Waals surface area contributed by atoms with E-state index in [9.17, 15) is 9.59 Å². The maximum absolute atomic E-state index is 13.0. The minimum atomic E-state index is -0.224. The lowest BCUT2D eigenvalue weighted by atomic mass is 10.0. The third-order valence-electron chi connectivity index (χ3n) is 5.12. The van der Waals surface area contributed by atoms with Gasteiger partial charge < -0.3 is 15.4 Å². The Morgan fingerprint density at radius 1 is 1.10 bits per heavy atom. The zero-order valence-corrected chi connectivity index (χ0v) is 17.6. The molecule has 29 heavy (non-hydrogen) atoms. The van der Waals surface area contributed by atoms with Gasteiger partial charge in [-0.05, 0) is 61.9 Å². The molecule has 1 unspecified atom stereocenters. The molecule has 0 aliphatic heterocycles. The van der Waals surface area contributed by atoms with Crippen molar-refractivity contribution in [1.29, 1.82) is 0 Å². The van der Waals surface area contributed by atoms with E-state index < -0.39 is 0 Å². The molecule has 1 saturated carbocycles. The maximum atomic E-state index is 13.0. The van der Waals surface area contributed by atoms with Gasteiger partial charge in [0.15, 0.2) is 0 Å². The van der Waals surface area contributed by atoms with Crippen LogP contribution >= 0.6 is 0 Å². The molecule has 2 N–H and O–H groups in total. The highest BCUT2D eigenvalue weighted by atomic mass is 16.5. The molecular weight excluding hydrogens is 364 g/mol. The topological polar surface area (TPSA) is 67.4 Å². The Hall–Kier alpha value is -2.82. The fraction of sp³-hybridized carbons (Fsp3) is 0.417. The Morgan fingerprint density at radius 2 is 1.86 bits per heavy atom. The average molecular weight is 395 g/mol. The first-order chi connectivity index (χ1) is 13.9. The van der Waals surface area contributed by atoms with Crippen molar-refractivity contribution >= 4 is 17.5 Å². The average Bonchev–Trinajstić information content (AvgIpc) is 3.54. The predicted molar refractivity (Wildman–Crippen MR) is 115 cm³/mol. The summed E-state index contributed by atoms with van der Waals surface area (Å²) in [6, 6.07) is 13.5. The van der Waals surface area contributed by atoms with Crippen LogP contribution in [0.2, 0.25) is 0 Å². The van der Waals surface area contributed by atoms with Crippen molar-refractivity contribution in [3.63, 3.8) is 0 Å². The van der Waals surface area contributed by atoms with Gasteiger partial charge in [-0.2, -0.15) is 0 Å². The first kappa shape index (κ1) is 20.9. The van der Waals surface area contributed by atoms with Crippen molar-refractivity contribution in [2.45, 2.75) is 52.5 Å². The van der Waals surface area contributed by atoms with E-state index in [1.165, 1.54) is 18.4 Å². The Bertz CT molecular complexity index is 887. The van der Waals surface area contributed by atoms with E-state index in [1.807, 2.05) is 33.8 Å². The molecule has 3 rings (SSSR count). The number of ether oxygens (including phenoxy) is 1. The van der Waals surface area contributed by atoms with Crippen molar-refractivity contribution in [1.82, 2.24) is 5.32 Å². The van der Waals surface area contributed by atoms with Gasteiger partial charge in [-0.15, -0.1) is 0 Å². The van der Waals surface area contributed by atoms with Gasteiger partial charge in [-0.1, -0.05) is 38.1 Å². The Balaban J connectivity index is 1.78. The highest BCUT2D eigenvalue weighted by molar-refractivity contribution is 6.00. The maximum Gasteiger partial charge on any atom is 0.255 e. The number of carbonyl (C=O) groups is 2. The van der Waals surface area contributed by atoms with Crippen LogP contribution < -0.4 is 15.4 Å². The third-order valence-corrected chi connectivity index (χ3v) is 5.12. The van der Waals surface area contributed by atoms with Crippen molar-refractivity contribution in [3.8, 4) is 5.75 Å². The summed E-state index contributed by atoms with van der Waals surface area (Å²) >= 11 is 0. The van der Waals surface area contributed by atoms with Gasteiger partial charge in [0.25, 0.3) is 5.91 Å². The largest absolute Gasteiger partial charge is 0.493 e. The molecule has 2 amide bonds. The second-order valence-electron chi connectivity index (χ2n) is 7.93. The smallest absolute Gasteiger partial charge is 0.255 e. The van der Waals surface area contributed by atoms with E-state index >= 15 is 0 Å². The van der Waals surface area contributed by atoms with Crippen LogP contribution in [0.3, 0.4) is 0 Å². The first-order valence-corrected chi connectivity index (χ1v) is 10.4. The van der Waals surface area contributed by atoms with Crippen LogP contribution in [0.15, 0.2) is 42.5 Å². The summed E-state index contributed by atoms with van der Waals surface area (Å²) < 4.78 is 5.64. The number of hydrogen-bond acceptors (Lipinski definition) is 3. The third kappa shape index (κ3) is 5.37. The van der Waals surface area contributed by atoms with E-state index in [4.69, 9.17) is 4.74 Å². The van der Waals surface area contributed by atoms with E-state index in [0.717, 1.165) is 5.56 Å². The number of anilines is 1. The molecular formula is C24H30N2O3. The molecule has 1 atom stereocenters. The number of rotatable bonds is 8. The van der Waals surface area contributed by atoms with E-state index in [0.29, 0.717) is 29.5 Å². The lowest BCUT2D eigenvalue weighted by Crippen LogP contribution is -2.27. The second-order valence-corrected chi connectivity index (χ2v) is 7.93. The molecule has 0 aromatic heterocycles. The van der Waals surface area contributed by atoms with Crippen LogP contribution in [0.25, 0.3) is 0 Å². The summed E-state index contributed by atoms with van der Waals surface area (Å²) in [7, 11) is 0. The fourth-order valence-electron chi connectivity index (χ4n) is 3.21. The molecule has 5 nitrogen and oxygen atoms in total. The standard InChI is InChI=1S/C24H30N2O3/c1-5-29-22-12-11-20(26-23(27)15(2)3)14-21(22)24(28)25-16(4)18-7-6-8-19(13-18)17-9-10-17/h6-8,11-17H,5,9-10H2,1-4H3,(H,25,28)(H,26,27). The summed E-state index contributed by atoms with van der Waals surface area (Å²) in [5, 5.41) is 5.91. The minimum Gasteiger partial charge on any atom is -0.493 e. The van der Waals surface area contributed by atoms with Gasteiger partial charge in [0.2, 0.25) is 5.91 Å². The number of hydrogen-bond donors (Lipinski definition) is 2. The quantitative estimate of drug-likeness (QED) is 0.658. The summed E-state index contributed by atoms with van der Waals surface area (Å²) in [6.45, 7) is 7.97. The number of nitrogens with one attached hydrogen (secondary N) is 2. The van der Waals surface area contributed by atoms with Crippen LogP contribution in [0, 0.1) is 5.92 Å². The lowest BCUT2D eigenvalue weighted by molar-refractivity contribution is -0.118. The molecule has 1 aliphatic rings. The van der Waals surface area contributed by atoms with E-state index in [1.54, 1.807) is 18.2 Å². The van der Waals surface area contributed by atoms with Crippen molar-refractivity contribution in [2.75, 3.05) is 11.9 Å². The SMILES string of the molecule is CCOc1ccc(NC(=O)C(C)C)cc1C(=O)NC(C)c1cccc(C2CC2)c1. The molecule has 5 heteroatoms. The van der Waals surface area contributed by atoms with Crippen LogP contribution in [-0.4, -0.2) is 18.4 Å². The summed E-state index contributed by atoms with van der Waals surface area (Å²) in [5.74, 6) is 0.719. The Morgan fingerprint density at radius 3 is 2.52 bits per heavy atom. The van der Waals surface area contributed by atoms with Gasteiger partial charge in [0.1, 0.15) is 5.75 Å². The second kappa shape index (κ2) is 9.12. The Kier molecular flexibility index (Phi) is 6.57. The molecule has 0 bridgehead atoms. The molecule has 1 aliphatic carbocycles. The zero-order valence-electron chi connectivity index (χ0n) is 17.6. The zero-order chi connectivity index (χ0) is 21.0. The van der Waals surface area contributed by atoms with Crippen molar-refractivity contribution < 1.29 is 14.3 Å². The Labute approximate surface area is 172 Å². The van der Waals surface area contributed by atoms with E-state index in [-0.39, 0.29) is 23.8 Å². The monoisotopic (exact) mass is 394 g/mol. The van der Waals surface area contributed by atoms with E-state index in [2.05, 4.69) is 28.8 Å². The van der Waals surface area contributed by atoms with Gasteiger partial charge in [0, 0.05) is 11.6 Å². The number of amides is 2. The van der Waals surface area contributed by atoms with Gasteiger partial charge in [-0.3, -0.25) is 9.59 Å². The minimum absolute atomic E-state index is 0.0919. The van der Waals surface area contributed by atoms with Gasteiger partial charge >= 0.3 is 0 Å². The lowest BCUT2D eigenvalue weighted by Gasteiger charge is -2.18. The highest BCUT2D eigenvalue weighted by Crippen LogP contribution is 2.40. The summed E-state index contributed by atoms with van der Waals surface area (Å²) in [4.78, 5) is 25.0. The predicted octanol–water partition coefficient (Wildman–Crippen LogP) is 5.05. The molecule has 0 heterocycles. The van der Waals surface area contributed by atoms with Crippen molar-refractivity contribution in [2.24, 2.45) is 5.92 Å². The molecule has 1 fully saturated rings. The number of carbonyl (C=O) groups excluding carboxylic acids is 2. The number of benzene rings is 2. The first-order valence-electron chi connectivity index (χ1n) is 10.4. The molecule has 2 aromatic rings. The molecule has 0 radical (unpaired) electrons. The van der Waals surface area contributed by atoms with Gasteiger partial charge in [-0.25, -0.2) is 0 Å². The van der Waals surface area contributed by atoms with Crippen LogP contribution in [0.5, 0.6) is 5.75 Å². The van der Waals surface area contributed by atoms with Crippen LogP contribution in [0.4, 0.5) is 5.69 Å². The van der Waals surface area contributed by atoms with Crippen LogP contribution in [-0.2, 0) is 4.79 Å². The van der Waals surface area contributed by atoms with Crippen molar-refractivity contribution in [3.05, 3.63) is 59.2 Å². The normalized spacial score (nSPS) is 14.4. The summed E-state index contributed by atoms with van der Waals surface area (Å²) in [5.41, 5.74) is 3.43. The molecule has 0 spiro atoms. The fourth-order valence-corrected chi connectivity index (χ4v) is 3.21. The van der Waals surface area contributed by atoms with Gasteiger partial charge in [0.05, 0.1) is 18.2 Å². The molecule has 0 saturated heterocycles. The van der Waals surface area contributed by atoms with Crippen LogP contribution in [0.1, 0.15) is 74.0 Å². The molecule has 154 valence electrons.